The first-order valence-corrected chi connectivity index (χ1v) is 7.38. The lowest BCUT2D eigenvalue weighted by molar-refractivity contribution is 0.0600. The Morgan fingerprint density at radius 3 is 2.47 bits per heavy atom. The molecule has 0 fully saturated rings. The minimum Gasteiger partial charge on any atom is -0.465 e. The van der Waals surface area contributed by atoms with E-state index in [0.717, 1.165) is 14.3 Å². The molecule has 0 radical (unpaired) electrons. The predicted molar refractivity (Wildman–Crippen MR) is 69.0 cm³/mol. The Hall–Kier alpha value is -0.130. The van der Waals surface area contributed by atoms with Crippen LogP contribution in [0, 0.1) is 0 Å². The molecule has 82 valence electrons. The number of hydrogen-bond donors (Lipinski definition) is 0. The largest absolute Gasteiger partial charge is 0.465 e. The highest BCUT2D eigenvalue weighted by atomic mass is 79.9. The number of carbonyl (C=O) groups excluding carboxylic acids is 1. The van der Waals surface area contributed by atoms with Crippen molar-refractivity contribution in [2.75, 3.05) is 19.6 Å². The summed E-state index contributed by atoms with van der Waals surface area (Å²) in [4.78, 5) is 13.6. The van der Waals surface area contributed by atoms with Crippen LogP contribution >= 0.6 is 39.5 Å². The number of ether oxygens (including phenoxy) is 1. The van der Waals surface area contributed by atoms with Crippen LogP contribution in [0.2, 0.25) is 0 Å². The van der Waals surface area contributed by atoms with Crippen molar-refractivity contribution in [1.29, 1.82) is 0 Å². The molecule has 15 heavy (non-hydrogen) atoms. The van der Waals surface area contributed by atoms with E-state index in [0.29, 0.717) is 5.56 Å². The fraction of sp³-hybridized carbons (Fsp3) is 0.300. The molecular formula is C10H11BrO2S2. The summed E-state index contributed by atoms with van der Waals surface area (Å²) in [5.41, 5.74) is 0.575. The second-order valence-corrected chi connectivity index (χ2v) is 5.20. The number of methoxy groups -OCH3 is 1. The summed E-state index contributed by atoms with van der Waals surface area (Å²) < 4.78 is 5.62. The van der Waals surface area contributed by atoms with Gasteiger partial charge >= 0.3 is 5.97 Å². The van der Waals surface area contributed by atoms with Gasteiger partial charge in [0.15, 0.2) is 0 Å². The SMILES string of the molecule is COC(=O)c1cc(Br)c(SC)c(SC)c1. The van der Waals surface area contributed by atoms with Crippen LogP contribution in [-0.2, 0) is 4.74 Å². The average molecular weight is 307 g/mol. The number of halogens is 1. The molecule has 0 saturated carbocycles. The van der Waals surface area contributed by atoms with Gasteiger partial charge in [0.25, 0.3) is 0 Å². The van der Waals surface area contributed by atoms with E-state index in [1.54, 1.807) is 29.6 Å². The van der Waals surface area contributed by atoms with Gasteiger partial charge in [-0.25, -0.2) is 4.79 Å². The molecule has 1 aromatic rings. The van der Waals surface area contributed by atoms with Crippen molar-refractivity contribution in [2.45, 2.75) is 9.79 Å². The lowest BCUT2D eigenvalue weighted by atomic mass is 10.2. The zero-order valence-corrected chi connectivity index (χ0v) is 11.9. The van der Waals surface area contributed by atoms with Crippen LogP contribution in [0.5, 0.6) is 0 Å². The summed E-state index contributed by atoms with van der Waals surface area (Å²) in [5, 5.41) is 0. The Morgan fingerprint density at radius 1 is 1.33 bits per heavy atom. The average Bonchev–Trinajstić information content (AvgIpc) is 2.26. The van der Waals surface area contributed by atoms with Crippen LogP contribution in [0.25, 0.3) is 0 Å². The van der Waals surface area contributed by atoms with Gasteiger partial charge in [-0.3, -0.25) is 0 Å². The Balaban J connectivity index is 3.25. The molecule has 0 aromatic heterocycles. The second kappa shape index (κ2) is 5.82. The highest BCUT2D eigenvalue weighted by Crippen LogP contribution is 2.35. The fourth-order valence-electron chi connectivity index (χ4n) is 1.15. The standard InChI is InChI=1S/C10H11BrO2S2/c1-13-10(12)6-4-7(11)9(15-3)8(5-6)14-2/h4-5H,1-3H3. The van der Waals surface area contributed by atoms with Gasteiger partial charge in [0.2, 0.25) is 0 Å². The summed E-state index contributed by atoms with van der Waals surface area (Å²) >= 11 is 6.73. The predicted octanol–water partition coefficient (Wildman–Crippen LogP) is 3.68. The molecule has 5 heteroatoms. The van der Waals surface area contributed by atoms with Crippen molar-refractivity contribution < 1.29 is 9.53 Å². The first kappa shape index (κ1) is 12.9. The minimum absolute atomic E-state index is 0.307. The van der Waals surface area contributed by atoms with Crippen LogP contribution in [0.4, 0.5) is 0 Å². The van der Waals surface area contributed by atoms with E-state index < -0.39 is 0 Å². The van der Waals surface area contributed by atoms with E-state index in [2.05, 4.69) is 20.7 Å². The molecule has 1 rings (SSSR count). The van der Waals surface area contributed by atoms with E-state index in [1.165, 1.54) is 7.11 Å². The highest BCUT2D eigenvalue weighted by molar-refractivity contribution is 9.10. The Labute approximate surface area is 106 Å². The Morgan fingerprint density at radius 2 is 2.00 bits per heavy atom. The molecule has 0 atom stereocenters. The summed E-state index contributed by atoms with van der Waals surface area (Å²) in [6.07, 6.45) is 4.00. The van der Waals surface area contributed by atoms with Crippen LogP contribution in [-0.4, -0.2) is 25.6 Å². The van der Waals surface area contributed by atoms with Crippen LogP contribution in [0.1, 0.15) is 10.4 Å². The molecule has 0 saturated heterocycles. The summed E-state index contributed by atoms with van der Waals surface area (Å²) in [7, 11) is 1.39. The molecule has 0 aliphatic heterocycles. The lowest BCUT2D eigenvalue weighted by Gasteiger charge is -2.09. The Kier molecular flexibility index (Phi) is 5.02. The molecule has 0 bridgehead atoms. The van der Waals surface area contributed by atoms with Crippen molar-refractivity contribution in [1.82, 2.24) is 0 Å². The quantitative estimate of drug-likeness (QED) is 0.628. The van der Waals surface area contributed by atoms with Gasteiger partial charge in [-0.2, -0.15) is 0 Å². The molecule has 0 aliphatic rings. The van der Waals surface area contributed by atoms with Gasteiger partial charge in [-0.15, -0.1) is 23.5 Å². The molecular weight excluding hydrogens is 296 g/mol. The minimum atomic E-state index is -0.307. The maximum atomic E-state index is 11.4. The van der Waals surface area contributed by atoms with Gasteiger partial charge in [-0.05, 0) is 40.6 Å². The molecule has 0 N–H and O–H groups in total. The van der Waals surface area contributed by atoms with Gasteiger partial charge in [0.1, 0.15) is 0 Å². The fourth-order valence-corrected chi connectivity index (χ4v) is 3.78. The van der Waals surface area contributed by atoms with E-state index in [4.69, 9.17) is 0 Å². The van der Waals surface area contributed by atoms with Gasteiger partial charge < -0.3 is 4.74 Å². The van der Waals surface area contributed by atoms with Gasteiger partial charge in [0, 0.05) is 14.3 Å². The molecule has 1 aromatic carbocycles. The lowest BCUT2D eigenvalue weighted by Crippen LogP contribution is -2.01. The van der Waals surface area contributed by atoms with Crippen LogP contribution < -0.4 is 0 Å². The topological polar surface area (TPSA) is 26.3 Å². The number of carbonyl (C=O) groups is 1. The molecule has 0 heterocycles. The van der Waals surface area contributed by atoms with E-state index in [-0.39, 0.29) is 5.97 Å². The van der Waals surface area contributed by atoms with Crippen molar-refractivity contribution in [2.24, 2.45) is 0 Å². The maximum absolute atomic E-state index is 11.4. The van der Waals surface area contributed by atoms with E-state index >= 15 is 0 Å². The van der Waals surface area contributed by atoms with Crippen LogP contribution in [0.3, 0.4) is 0 Å². The first-order chi connectivity index (χ1) is 7.13. The Bertz CT molecular complexity index is 380. The van der Waals surface area contributed by atoms with Crippen LogP contribution in [0.15, 0.2) is 26.4 Å². The number of benzene rings is 1. The molecule has 2 nitrogen and oxygen atoms in total. The van der Waals surface area contributed by atoms with E-state index in [9.17, 15) is 4.79 Å². The third-order valence-corrected chi connectivity index (χ3v) is 4.48. The molecule has 0 unspecified atom stereocenters. The third-order valence-electron chi connectivity index (χ3n) is 1.85. The number of thioether (sulfide) groups is 2. The second-order valence-electron chi connectivity index (χ2n) is 2.69. The van der Waals surface area contributed by atoms with E-state index in [1.807, 2.05) is 18.6 Å². The summed E-state index contributed by atoms with van der Waals surface area (Å²) in [5.74, 6) is -0.307. The third kappa shape index (κ3) is 2.92. The smallest absolute Gasteiger partial charge is 0.337 e. The number of rotatable bonds is 3. The highest BCUT2D eigenvalue weighted by Gasteiger charge is 2.12. The van der Waals surface area contributed by atoms with Gasteiger partial charge in [-0.1, -0.05) is 0 Å². The number of hydrogen-bond acceptors (Lipinski definition) is 4. The van der Waals surface area contributed by atoms with Crippen molar-refractivity contribution in [3.8, 4) is 0 Å². The zero-order valence-electron chi connectivity index (χ0n) is 8.67. The molecule has 0 amide bonds. The number of esters is 1. The maximum Gasteiger partial charge on any atom is 0.337 e. The summed E-state index contributed by atoms with van der Waals surface area (Å²) in [6, 6.07) is 3.64. The van der Waals surface area contributed by atoms with Crippen molar-refractivity contribution in [3.63, 3.8) is 0 Å². The molecule has 0 spiro atoms. The zero-order chi connectivity index (χ0) is 11.4. The monoisotopic (exact) mass is 306 g/mol. The normalized spacial score (nSPS) is 10.1. The van der Waals surface area contributed by atoms with Crippen molar-refractivity contribution in [3.05, 3.63) is 22.2 Å². The van der Waals surface area contributed by atoms with Crippen molar-refractivity contribution >= 4 is 45.4 Å². The van der Waals surface area contributed by atoms with Gasteiger partial charge in [0.05, 0.1) is 12.7 Å². The molecule has 0 aliphatic carbocycles. The first-order valence-electron chi connectivity index (χ1n) is 4.13. The summed E-state index contributed by atoms with van der Waals surface area (Å²) in [6.45, 7) is 0.